The first-order valence-electron chi connectivity index (χ1n) is 13.3. The number of hydrogen-bond acceptors (Lipinski definition) is 6. The van der Waals surface area contributed by atoms with Crippen LogP contribution in [0.2, 0.25) is 0 Å². The van der Waals surface area contributed by atoms with Gasteiger partial charge in [0.2, 0.25) is 0 Å². The Morgan fingerprint density at radius 2 is 1.11 bits per heavy atom. The van der Waals surface area contributed by atoms with Crippen molar-refractivity contribution in [3.63, 3.8) is 0 Å². The fourth-order valence-corrected chi connectivity index (χ4v) is 7.60. The second-order valence-corrected chi connectivity index (χ2v) is 16.5. The molecule has 0 saturated carbocycles. The second-order valence-electron chi connectivity index (χ2n) is 9.15. The molecule has 0 fully saturated rings. The monoisotopic (exact) mass is 596 g/mol. The first-order valence-corrected chi connectivity index (χ1v) is 18.2. The van der Waals surface area contributed by atoms with Gasteiger partial charge in [-0.3, -0.25) is 9.97 Å². The van der Waals surface area contributed by atoms with Gasteiger partial charge in [-0.2, -0.15) is 0 Å². The van der Waals surface area contributed by atoms with E-state index in [4.69, 9.17) is 24.4 Å². The third-order valence-electron chi connectivity index (χ3n) is 6.52. The number of nitrogens with zero attached hydrogens (tertiary/aromatic N) is 4. The Labute approximate surface area is 239 Å². The number of unbranched alkanes of at least 4 members (excludes halogenated alkanes) is 1. The summed E-state index contributed by atoms with van der Waals surface area (Å²) in [7, 11) is -5.09. The van der Waals surface area contributed by atoms with E-state index in [-0.39, 0.29) is 0 Å². The Morgan fingerprint density at radius 1 is 0.737 bits per heavy atom. The van der Waals surface area contributed by atoms with E-state index >= 15 is 0 Å². The highest BCUT2D eigenvalue weighted by Gasteiger charge is 2.23. The average Bonchev–Trinajstić information content (AvgIpc) is 2.94. The molecule has 38 heavy (non-hydrogen) atoms. The van der Waals surface area contributed by atoms with Crippen LogP contribution in [0, 0.1) is 0 Å². The van der Waals surface area contributed by atoms with Crippen molar-refractivity contribution in [2.75, 3.05) is 37.7 Å². The van der Waals surface area contributed by atoms with Crippen molar-refractivity contribution in [2.45, 2.75) is 53.6 Å². The minimum atomic E-state index is -2.54. The molecule has 0 unspecified atom stereocenters. The summed E-state index contributed by atoms with van der Waals surface area (Å²) in [4.78, 5) is 12.6. The maximum absolute atomic E-state index is 13.1. The van der Waals surface area contributed by atoms with Crippen LogP contribution in [-0.4, -0.2) is 67.7 Å². The zero-order valence-corrected chi connectivity index (χ0v) is 26.4. The molecule has 0 saturated heterocycles. The molecule has 0 aromatic carbocycles. The maximum Gasteiger partial charge on any atom is 0.174 e. The molecule has 0 bridgehead atoms. The minimum Gasteiger partial charge on any atom is -0.345 e. The molecule has 2 aromatic heterocycles. The molecule has 2 rings (SSSR count). The van der Waals surface area contributed by atoms with Gasteiger partial charge in [0, 0.05) is 75.6 Å². The molecule has 8 nitrogen and oxygen atoms in total. The average molecular weight is 597 g/mol. The first-order chi connectivity index (χ1) is 18.2. The standard InChI is InChI=1S/C26H42N6O2P2S2/c1-5-35(33,6-2)29-25(37)31(21-23-13-11-15-27-19-23)17-9-10-18-32(22-24-14-12-16-28-20-24)26(38)30-36(34,7-3)8-4/h11-16,19-20H,5-10,17-18,21-22H2,1-4H3,(H,29,33,37)(H,30,34,38). The molecule has 0 aliphatic carbocycles. The molecule has 0 spiro atoms. The normalized spacial score (nSPS) is 11.6. The van der Waals surface area contributed by atoms with Crippen molar-refractivity contribution in [3.05, 3.63) is 60.2 Å². The highest BCUT2D eigenvalue weighted by atomic mass is 32.1. The Kier molecular flexibility index (Phi) is 13.9. The van der Waals surface area contributed by atoms with Gasteiger partial charge in [-0.15, -0.1) is 0 Å². The zero-order valence-electron chi connectivity index (χ0n) is 23.0. The fraction of sp³-hybridized carbons (Fsp3) is 0.538. The van der Waals surface area contributed by atoms with E-state index in [0.29, 0.717) is 61.1 Å². The lowest BCUT2D eigenvalue weighted by atomic mass is 10.2. The first kappa shape index (κ1) is 32.4. The number of thiocarbonyl (C=S) groups is 2. The van der Waals surface area contributed by atoms with E-state index in [2.05, 4.69) is 29.9 Å². The van der Waals surface area contributed by atoms with Gasteiger partial charge in [0.05, 0.1) is 0 Å². The molecule has 2 N–H and O–H groups in total. The summed E-state index contributed by atoms with van der Waals surface area (Å²) in [6.07, 6.45) is 11.0. The Bertz CT molecular complexity index is 1000. The SMILES string of the molecule is CCP(=O)(CC)NC(=S)N(CCCCN(Cc1cccnc1)C(=S)NP(=O)(CC)CC)Cc1cccnc1. The van der Waals surface area contributed by atoms with Crippen LogP contribution >= 0.6 is 39.0 Å². The van der Waals surface area contributed by atoms with E-state index in [1.165, 1.54) is 0 Å². The summed E-state index contributed by atoms with van der Waals surface area (Å²) in [5.41, 5.74) is 2.08. The van der Waals surface area contributed by atoms with E-state index in [0.717, 1.165) is 24.0 Å². The highest BCUT2D eigenvalue weighted by molar-refractivity contribution is 7.81. The van der Waals surface area contributed by atoms with Gasteiger partial charge in [0.25, 0.3) is 0 Å². The van der Waals surface area contributed by atoms with Crippen molar-refractivity contribution >= 4 is 49.2 Å². The Morgan fingerprint density at radius 3 is 1.39 bits per heavy atom. The van der Waals surface area contributed by atoms with Gasteiger partial charge >= 0.3 is 0 Å². The minimum absolute atomic E-state index is 0.511. The summed E-state index contributed by atoms with van der Waals surface area (Å²) in [5.74, 6) is 0. The van der Waals surface area contributed by atoms with Crippen LogP contribution in [0.25, 0.3) is 0 Å². The maximum atomic E-state index is 13.1. The molecule has 0 atom stereocenters. The van der Waals surface area contributed by atoms with Gasteiger partial charge in [0.15, 0.2) is 24.8 Å². The molecule has 0 radical (unpaired) electrons. The van der Waals surface area contributed by atoms with Crippen molar-refractivity contribution in [2.24, 2.45) is 0 Å². The van der Waals surface area contributed by atoms with Gasteiger partial charge in [-0.05, 0) is 60.5 Å². The Balaban J connectivity index is 2.08. The third-order valence-corrected chi connectivity index (χ3v) is 12.9. The molecule has 210 valence electrons. The van der Waals surface area contributed by atoms with Gasteiger partial charge in [0.1, 0.15) is 0 Å². The number of hydrogen-bond donors (Lipinski definition) is 2. The molecule has 2 aromatic rings. The number of pyridine rings is 2. The number of aromatic nitrogens is 2. The van der Waals surface area contributed by atoms with Crippen molar-refractivity contribution < 1.29 is 9.13 Å². The lowest BCUT2D eigenvalue weighted by Crippen LogP contribution is -2.40. The smallest absolute Gasteiger partial charge is 0.174 e. The van der Waals surface area contributed by atoms with Crippen molar-refractivity contribution in [3.8, 4) is 0 Å². The highest BCUT2D eigenvalue weighted by Crippen LogP contribution is 2.40. The summed E-state index contributed by atoms with van der Waals surface area (Å²) < 4.78 is 26.1. The largest absolute Gasteiger partial charge is 0.345 e. The summed E-state index contributed by atoms with van der Waals surface area (Å²) in [6.45, 7) is 10.3. The van der Waals surface area contributed by atoms with Crippen LogP contribution in [-0.2, 0) is 22.2 Å². The predicted octanol–water partition coefficient (Wildman–Crippen LogP) is 5.95. The van der Waals surface area contributed by atoms with Crippen molar-refractivity contribution in [1.82, 2.24) is 29.9 Å². The zero-order chi connectivity index (χ0) is 28.0. The topological polar surface area (TPSA) is 90.5 Å². The molecular weight excluding hydrogens is 554 g/mol. The number of rotatable bonds is 15. The van der Waals surface area contributed by atoms with Gasteiger partial charge < -0.3 is 29.1 Å². The number of nitrogens with one attached hydrogen (secondary N) is 2. The lowest BCUT2D eigenvalue weighted by molar-refractivity contribution is 0.359. The third kappa shape index (κ3) is 10.7. The van der Waals surface area contributed by atoms with Crippen LogP contribution in [0.4, 0.5) is 0 Å². The van der Waals surface area contributed by atoms with Crippen LogP contribution in [0.1, 0.15) is 51.7 Å². The molecule has 0 aliphatic heterocycles. The molecular formula is C26H42N6O2P2S2. The summed E-state index contributed by atoms with van der Waals surface area (Å²) in [5, 5.41) is 7.35. The fourth-order valence-electron chi connectivity index (χ4n) is 3.79. The lowest BCUT2D eigenvalue weighted by Gasteiger charge is -2.30. The summed E-state index contributed by atoms with van der Waals surface area (Å²) in [6, 6.07) is 7.84. The van der Waals surface area contributed by atoms with Crippen LogP contribution in [0.15, 0.2) is 49.1 Å². The van der Waals surface area contributed by atoms with Crippen LogP contribution < -0.4 is 10.2 Å². The van der Waals surface area contributed by atoms with Crippen LogP contribution in [0.3, 0.4) is 0 Å². The van der Waals surface area contributed by atoms with Crippen LogP contribution in [0.5, 0.6) is 0 Å². The molecule has 2 heterocycles. The molecule has 0 amide bonds. The van der Waals surface area contributed by atoms with E-state index < -0.39 is 14.6 Å². The van der Waals surface area contributed by atoms with Crippen molar-refractivity contribution in [1.29, 1.82) is 0 Å². The van der Waals surface area contributed by atoms with E-state index in [9.17, 15) is 9.13 Å². The quantitative estimate of drug-likeness (QED) is 0.146. The van der Waals surface area contributed by atoms with E-state index in [1.807, 2.05) is 64.4 Å². The molecule has 0 aliphatic rings. The van der Waals surface area contributed by atoms with Gasteiger partial charge in [-0.25, -0.2) is 0 Å². The summed E-state index contributed by atoms with van der Waals surface area (Å²) >= 11 is 11.4. The second kappa shape index (κ2) is 16.3. The van der Waals surface area contributed by atoms with E-state index in [1.54, 1.807) is 12.4 Å². The van der Waals surface area contributed by atoms with Gasteiger partial charge in [-0.1, -0.05) is 39.8 Å². The predicted molar refractivity (Wildman–Crippen MR) is 167 cm³/mol. The molecule has 12 heteroatoms. The Hall–Kier alpha value is -1.86.